The molecule has 0 atom stereocenters. The Morgan fingerprint density at radius 2 is 1.85 bits per heavy atom. The molecule has 0 fully saturated rings. The lowest BCUT2D eigenvalue weighted by Gasteiger charge is -2.13. The third kappa shape index (κ3) is 4.18. The summed E-state index contributed by atoms with van der Waals surface area (Å²) >= 11 is 0. The molecule has 3 rings (SSSR count). The topological polar surface area (TPSA) is 83.8 Å². The number of nitrogens with one attached hydrogen (secondary N) is 1. The molecule has 1 amide bonds. The number of nitrogen functional groups attached to an aromatic ring is 1. The number of para-hydroxylation sites is 1. The zero-order valence-corrected chi connectivity index (χ0v) is 15.5. The highest BCUT2D eigenvalue weighted by Gasteiger charge is 2.16. The van der Waals surface area contributed by atoms with Gasteiger partial charge in [0.25, 0.3) is 0 Å². The molecule has 0 saturated carbocycles. The van der Waals surface area contributed by atoms with Crippen molar-refractivity contribution in [3.63, 3.8) is 0 Å². The van der Waals surface area contributed by atoms with Gasteiger partial charge in [-0.1, -0.05) is 48.0 Å². The van der Waals surface area contributed by atoms with Crippen LogP contribution in [0.1, 0.15) is 28.1 Å². The van der Waals surface area contributed by atoms with Gasteiger partial charge in [-0.2, -0.15) is 5.26 Å². The second-order valence-corrected chi connectivity index (χ2v) is 6.66. The molecule has 0 radical (unpaired) electrons. The predicted molar refractivity (Wildman–Crippen MR) is 107 cm³/mol. The van der Waals surface area contributed by atoms with Crippen molar-refractivity contribution in [2.45, 2.75) is 26.8 Å². The van der Waals surface area contributed by atoms with Crippen molar-refractivity contribution < 1.29 is 4.79 Å². The van der Waals surface area contributed by atoms with Gasteiger partial charge in [-0.3, -0.25) is 4.79 Å². The van der Waals surface area contributed by atoms with E-state index in [1.807, 2.05) is 62.4 Å². The van der Waals surface area contributed by atoms with Crippen LogP contribution in [0, 0.1) is 25.2 Å². The van der Waals surface area contributed by atoms with Gasteiger partial charge in [0.15, 0.2) is 0 Å². The summed E-state index contributed by atoms with van der Waals surface area (Å²) in [7, 11) is 0. The molecule has 0 aliphatic carbocycles. The van der Waals surface area contributed by atoms with E-state index in [0.29, 0.717) is 17.8 Å². The Bertz CT molecular complexity index is 1010. The van der Waals surface area contributed by atoms with Crippen LogP contribution >= 0.6 is 0 Å². The molecule has 3 N–H and O–H groups in total. The van der Waals surface area contributed by atoms with Crippen molar-refractivity contribution in [3.05, 3.63) is 82.7 Å². The number of anilines is 2. The second kappa shape index (κ2) is 7.79. The van der Waals surface area contributed by atoms with Gasteiger partial charge >= 0.3 is 0 Å². The quantitative estimate of drug-likeness (QED) is 0.728. The lowest BCUT2D eigenvalue weighted by atomic mass is 10.1. The number of nitriles is 1. The van der Waals surface area contributed by atoms with Gasteiger partial charge in [-0.05, 0) is 37.1 Å². The average Bonchev–Trinajstić information content (AvgIpc) is 2.94. The van der Waals surface area contributed by atoms with Crippen molar-refractivity contribution in [1.29, 1.82) is 5.26 Å². The summed E-state index contributed by atoms with van der Waals surface area (Å²) in [6, 6.07) is 19.5. The summed E-state index contributed by atoms with van der Waals surface area (Å²) in [4.78, 5) is 12.6. The number of carbonyl (C=O) groups is 1. The fourth-order valence-electron chi connectivity index (χ4n) is 3.03. The SMILES string of the molecule is Cc1ccc(Cc2c(N)cc(C#N)n2CC(=O)Nc2ccccc2C)cc1. The minimum atomic E-state index is -0.193. The number of benzene rings is 2. The molecule has 5 heteroatoms. The number of amides is 1. The minimum absolute atomic E-state index is 0.0373. The maximum absolute atomic E-state index is 12.6. The molecule has 5 nitrogen and oxygen atoms in total. The van der Waals surface area contributed by atoms with Crippen LogP contribution in [0.15, 0.2) is 54.6 Å². The summed E-state index contributed by atoms with van der Waals surface area (Å²) in [5.41, 5.74) is 11.8. The van der Waals surface area contributed by atoms with Gasteiger partial charge in [-0.25, -0.2) is 0 Å². The minimum Gasteiger partial charge on any atom is -0.397 e. The molecule has 27 heavy (non-hydrogen) atoms. The van der Waals surface area contributed by atoms with Gasteiger partial charge in [0, 0.05) is 17.8 Å². The van der Waals surface area contributed by atoms with Gasteiger partial charge in [0.1, 0.15) is 18.3 Å². The molecule has 0 aliphatic heterocycles. The van der Waals surface area contributed by atoms with Gasteiger partial charge in [-0.15, -0.1) is 0 Å². The normalized spacial score (nSPS) is 10.4. The molecule has 0 unspecified atom stereocenters. The highest BCUT2D eigenvalue weighted by molar-refractivity contribution is 5.91. The molecule has 0 saturated heterocycles. The first-order valence-corrected chi connectivity index (χ1v) is 8.77. The molecule has 0 bridgehead atoms. The van der Waals surface area contributed by atoms with Crippen molar-refractivity contribution in [2.24, 2.45) is 0 Å². The monoisotopic (exact) mass is 358 g/mol. The summed E-state index contributed by atoms with van der Waals surface area (Å²) in [5.74, 6) is -0.193. The van der Waals surface area contributed by atoms with E-state index in [0.717, 1.165) is 22.5 Å². The van der Waals surface area contributed by atoms with E-state index in [4.69, 9.17) is 5.73 Å². The lowest BCUT2D eigenvalue weighted by molar-refractivity contribution is -0.116. The Kier molecular flexibility index (Phi) is 5.28. The second-order valence-electron chi connectivity index (χ2n) is 6.66. The molecular formula is C22H22N4O. The first-order valence-electron chi connectivity index (χ1n) is 8.77. The third-order valence-electron chi connectivity index (χ3n) is 4.57. The number of nitrogens with zero attached hydrogens (tertiary/aromatic N) is 2. The van der Waals surface area contributed by atoms with Crippen molar-refractivity contribution in [1.82, 2.24) is 4.57 Å². The number of hydrogen-bond acceptors (Lipinski definition) is 3. The molecular weight excluding hydrogens is 336 g/mol. The maximum atomic E-state index is 12.6. The smallest absolute Gasteiger partial charge is 0.244 e. The molecule has 1 heterocycles. The van der Waals surface area contributed by atoms with Crippen LogP contribution in [0.25, 0.3) is 0 Å². The van der Waals surface area contributed by atoms with Crippen molar-refractivity contribution in [2.75, 3.05) is 11.1 Å². The van der Waals surface area contributed by atoms with Crippen molar-refractivity contribution >= 4 is 17.3 Å². The number of rotatable bonds is 5. The van der Waals surface area contributed by atoms with E-state index < -0.39 is 0 Å². The first kappa shape index (κ1) is 18.3. The first-order chi connectivity index (χ1) is 13.0. The van der Waals surface area contributed by atoms with Gasteiger partial charge in [0.05, 0.1) is 5.69 Å². The number of nitrogens with two attached hydrogens (primary N) is 1. The van der Waals surface area contributed by atoms with Crippen molar-refractivity contribution in [3.8, 4) is 6.07 Å². The van der Waals surface area contributed by atoms with Crippen LogP contribution in [0.3, 0.4) is 0 Å². The highest BCUT2D eigenvalue weighted by atomic mass is 16.1. The standard InChI is InChI=1S/C22H22N4O/c1-15-7-9-17(10-8-15)11-21-19(24)12-18(13-23)26(21)14-22(27)25-20-6-4-3-5-16(20)2/h3-10,12H,11,14,24H2,1-2H3,(H,25,27). The van der Waals surface area contributed by atoms with E-state index in [9.17, 15) is 10.1 Å². The summed E-state index contributed by atoms with van der Waals surface area (Å²) in [6.45, 7) is 4.01. The summed E-state index contributed by atoms with van der Waals surface area (Å²) in [6.07, 6.45) is 0.561. The molecule has 1 aromatic heterocycles. The lowest BCUT2D eigenvalue weighted by Crippen LogP contribution is -2.21. The molecule has 3 aromatic rings. The zero-order valence-electron chi connectivity index (χ0n) is 15.5. The van der Waals surface area contributed by atoms with Gasteiger partial charge in [0.2, 0.25) is 5.91 Å². The fourth-order valence-corrected chi connectivity index (χ4v) is 3.03. The molecule has 136 valence electrons. The Hall–Kier alpha value is -3.52. The fraction of sp³-hybridized carbons (Fsp3) is 0.182. The third-order valence-corrected chi connectivity index (χ3v) is 4.57. The van der Waals surface area contributed by atoms with E-state index >= 15 is 0 Å². The predicted octanol–water partition coefficient (Wildman–Crippen LogP) is 3.79. The van der Waals surface area contributed by atoms with Crippen LogP contribution in [-0.2, 0) is 17.8 Å². The number of hydrogen-bond donors (Lipinski definition) is 2. The highest BCUT2D eigenvalue weighted by Crippen LogP contribution is 2.22. The largest absolute Gasteiger partial charge is 0.397 e. The number of carbonyl (C=O) groups excluding carboxylic acids is 1. The maximum Gasteiger partial charge on any atom is 0.244 e. The molecule has 2 aromatic carbocycles. The van der Waals surface area contributed by atoms with Gasteiger partial charge < -0.3 is 15.6 Å². The Morgan fingerprint density at radius 3 is 2.52 bits per heavy atom. The average molecular weight is 358 g/mol. The number of aromatic nitrogens is 1. The van der Waals surface area contributed by atoms with Crippen LogP contribution < -0.4 is 11.1 Å². The van der Waals surface area contributed by atoms with Crippen LogP contribution in [0.4, 0.5) is 11.4 Å². The molecule has 0 spiro atoms. The Labute approximate surface area is 159 Å². The van der Waals surface area contributed by atoms with E-state index in [-0.39, 0.29) is 12.5 Å². The Morgan fingerprint density at radius 1 is 1.15 bits per heavy atom. The van der Waals surface area contributed by atoms with E-state index in [2.05, 4.69) is 11.4 Å². The summed E-state index contributed by atoms with van der Waals surface area (Å²) < 4.78 is 1.70. The van der Waals surface area contributed by atoms with Crippen LogP contribution in [-0.4, -0.2) is 10.5 Å². The summed E-state index contributed by atoms with van der Waals surface area (Å²) in [5, 5.41) is 12.4. The van der Waals surface area contributed by atoms with E-state index in [1.165, 1.54) is 5.56 Å². The van der Waals surface area contributed by atoms with Crippen LogP contribution in [0.5, 0.6) is 0 Å². The number of aryl methyl sites for hydroxylation is 2. The van der Waals surface area contributed by atoms with Crippen LogP contribution in [0.2, 0.25) is 0 Å². The Balaban J connectivity index is 1.85. The zero-order chi connectivity index (χ0) is 19.4. The molecule has 0 aliphatic rings. The van der Waals surface area contributed by atoms with E-state index in [1.54, 1.807) is 10.6 Å².